The summed E-state index contributed by atoms with van der Waals surface area (Å²) < 4.78 is 26.1. The van der Waals surface area contributed by atoms with E-state index in [0.29, 0.717) is 42.8 Å². The Morgan fingerprint density at radius 2 is 1.97 bits per heavy atom. The van der Waals surface area contributed by atoms with Gasteiger partial charge in [0.25, 0.3) is 17.9 Å². The molecule has 1 aliphatic heterocycles. The number of benzene rings is 1. The average molecular weight is 402 g/mol. The van der Waals surface area contributed by atoms with Gasteiger partial charge in [-0.1, -0.05) is 0 Å². The summed E-state index contributed by atoms with van der Waals surface area (Å²) in [5.41, 5.74) is 2.10. The van der Waals surface area contributed by atoms with Crippen molar-refractivity contribution < 1.29 is 13.6 Å². The lowest BCUT2D eigenvalue weighted by molar-refractivity contribution is 0.0740. The molecule has 1 aromatic carbocycles. The number of fused-ring (bicyclic) bond motifs is 1. The predicted octanol–water partition coefficient (Wildman–Crippen LogP) is 1.66. The molecule has 8 nitrogen and oxygen atoms in total. The molecule has 0 unspecified atom stereocenters. The van der Waals surface area contributed by atoms with E-state index >= 15 is 0 Å². The molecule has 1 saturated heterocycles. The van der Waals surface area contributed by atoms with Gasteiger partial charge in [0, 0.05) is 37.6 Å². The van der Waals surface area contributed by atoms with Crippen molar-refractivity contribution in [3.63, 3.8) is 0 Å². The average Bonchev–Trinajstić information content (AvgIpc) is 3.15. The first-order valence-electron chi connectivity index (χ1n) is 9.26. The first-order valence-corrected chi connectivity index (χ1v) is 9.26. The zero-order valence-electron chi connectivity index (χ0n) is 15.8. The lowest BCUT2D eigenvalue weighted by Crippen LogP contribution is -2.48. The maximum absolute atomic E-state index is 12.6. The van der Waals surface area contributed by atoms with Crippen molar-refractivity contribution in [3.05, 3.63) is 52.3 Å². The van der Waals surface area contributed by atoms with Crippen LogP contribution in [0.2, 0.25) is 0 Å². The molecule has 1 amide bonds. The van der Waals surface area contributed by atoms with E-state index < -0.39 is 18.5 Å². The topological polar surface area (TPSA) is 87.1 Å². The van der Waals surface area contributed by atoms with Gasteiger partial charge in [0.15, 0.2) is 0 Å². The van der Waals surface area contributed by atoms with Crippen LogP contribution in [0.15, 0.2) is 35.4 Å². The first kappa shape index (κ1) is 19.0. The van der Waals surface area contributed by atoms with Gasteiger partial charge in [0.2, 0.25) is 0 Å². The zero-order valence-corrected chi connectivity index (χ0v) is 15.8. The second-order valence-corrected chi connectivity index (χ2v) is 7.01. The number of amides is 1. The molecule has 0 atom stereocenters. The van der Waals surface area contributed by atoms with Crippen LogP contribution < -0.4 is 10.5 Å². The number of halogens is 2. The van der Waals surface area contributed by atoms with E-state index in [1.165, 1.54) is 0 Å². The number of hydrogen-bond acceptors (Lipinski definition) is 5. The Morgan fingerprint density at radius 1 is 1.21 bits per heavy atom. The van der Waals surface area contributed by atoms with E-state index in [1.54, 1.807) is 29.2 Å². The molecule has 10 heteroatoms. The van der Waals surface area contributed by atoms with Crippen molar-refractivity contribution >= 4 is 22.5 Å². The fourth-order valence-electron chi connectivity index (χ4n) is 3.48. The minimum absolute atomic E-state index is 0.103. The Hall–Kier alpha value is -3.30. The highest BCUT2D eigenvalue weighted by Crippen LogP contribution is 2.21. The predicted molar refractivity (Wildman–Crippen MR) is 103 cm³/mol. The molecule has 4 rings (SSSR count). The van der Waals surface area contributed by atoms with Crippen LogP contribution in [0.1, 0.15) is 16.2 Å². The summed E-state index contributed by atoms with van der Waals surface area (Å²) in [6.45, 7) is 3.53. The molecule has 0 radical (unpaired) electrons. The highest BCUT2D eigenvalue weighted by atomic mass is 19.3. The molecule has 1 N–H and O–H groups in total. The standard InChI is InChI=1S/C19H20F2N6O2/c1-12-8-16(24-23-12)19(29)26-6-4-25(5-7-26)13-2-3-14-15(9-13)22-11-27(18(14)28)10-17(20)21/h2-3,8-9,11,17H,4-7,10H2,1H3,(H,23,24). The van der Waals surface area contributed by atoms with Gasteiger partial charge >= 0.3 is 0 Å². The Bertz CT molecular complexity index is 1100. The molecule has 1 fully saturated rings. The number of rotatable bonds is 4. The Balaban J connectivity index is 1.48. The number of H-pyrrole nitrogens is 1. The van der Waals surface area contributed by atoms with Gasteiger partial charge in [-0.15, -0.1) is 0 Å². The monoisotopic (exact) mass is 402 g/mol. The summed E-state index contributed by atoms with van der Waals surface area (Å²) in [5, 5.41) is 7.10. The highest BCUT2D eigenvalue weighted by Gasteiger charge is 2.24. The summed E-state index contributed by atoms with van der Waals surface area (Å²) in [4.78, 5) is 32.9. The van der Waals surface area contributed by atoms with E-state index in [1.807, 2.05) is 6.92 Å². The van der Waals surface area contributed by atoms with Gasteiger partial charge in [-0.05, 0) is 31.2 Å². The van der Waals surface area contributed by atoms with Crippen LogP contribution >= 0.6 is 0 Å². The number of anilines is 1. The minimum Gasteiger partial charge on any atom is -0.368 e. The number of nitrogens with zero attached hydrogens (tertiary/aromatic N) is 5. The molecular formula is C19H20F2N6O2. The van der Waals surface area contributed by atoms with Crippen molar-refractivity contribution in [2.24, 2.45) is 0 Å². The summed E-state index contributed by atoms with van der Waals surface area (Å²) in [5.74, 6) is -0.103. The quantitative estimate of drug-likeness (QED) is 0.717. The van der Waals surface area contributed by atoms with Crippen LogP contribution in [0.25, 0.3) is 10.9 Å². The number of nitrogens with one attached hydrogen (secondary N) is 1. The first-order chi connectivity index (χ1) is 13.9. The fourth-order valence-corrected chi connectivity index (χ4v) is 3.48. The van der Waals surface area contributed by atoms with Gasteiger partial charge in [0.05, 0.1) is 23.8 Å². The maximum atomic E-state index is 12.6. The smallest absolute Gasteiger partial charge is 0.274 e. The minimum atomic E-state index is -2.62. The van der Waals surface area contributed by atoms with Crippen molar-refractivity contribution in [2.75, 3.05) is 31.1 Å². The lowest BCUT2D eigenvalue weighted by Gasteiger charge is -2.35. The number of carbonyl (C=O) groups excluding carboxylic acids is 1. The SMILES string of the molecule is Cc1cc(C(=O)N2CCN(c3ccc4c(=O)n(CC(F)F)cnc4c3)CC2)n[nH]1. The molecule has 3 heterocycles. The number of alkyl halides is 2. The molecule has 0 bridgehead atoms. The van der Waals surface area contributed by atoms with Crippen LogP contribution in [-0.4, -0.2) is 63.2 Å². The van der Waals surface area contributed by atoms with E-state index in [9.17, 15) is 18.4 Å². The maximum Gasteiger partial charge on any atom is 0.274 e. The van der Waals surface area contributed by atoms with E-state index in [0.717, 1.165) is 22.3 Å². The Kier molecular flexibility index (Phi) is 4.99. The van der Waals surface area contributed by atoms with Crippen molar-refractivity contribution in [1.29, 1.82) is 0 Å². The number of carbonyl (C=O) groups is 1. The van der Waals surface area contributed by atoms with E-state index in [2.05, 4.69) is 20.1 Å². The van der Waals surface area contributed by atoms with Gasteiger partial charge < -0.3 is 9.80 Å². The summed E-state index contributed by atoms with van der Waals surface area (Å²) >= 11 is 0. The second kappa shape index (κ2) is 7.61. The van der Waals surface area contributed by atoms with Gasteiger partial charge in [-0.25, -0.2) is 13.8 Å². The third kappa shape index (κ3) is 3.82. The Morgan fingerprint density at radius 3 is 2.62 bits per heavy atom. The van der Waals surface area contributed by atoms with Crippen molar-refractivity contribution in [1.82, 2.24) is 24.6 Å². The van der Waals surface area contributed by atoms with Crippen LogP contribution in [0.5, 0.6) is 0 Å². The zero-order chi connectivity index (χ0) is 20.5. The molecule has 152 valence electrons. The molecule has 0 aliphatic carbocycles. The lowest BCUT2D eigenvalue weighted by atomic mass is 10.2. The summed E-state index contributed by atoms with van der Waals surface area (Å²) in [7, 11) is 0. The van der Waals surface area contributed by atoms with E-state index in [4.69, 9.17) is 0 Å². The van der Waals surface area contributed by atoms with Crippen LogP contribution in [0.4, 0.5) is 14.5 Å². The highest BCUT2D eigenvalue weighted by molar-refractivity contribution is 5.92. The van der Waals surface area contributed by atoms with Crippen LogP contribution in [-0.2, 0) is 6.54 Å². The number of aryl methyl sites for hydroxylation is 1. The number of aromatic nitrogens is 4. The Labute approximate surface area is 164 Å². The molecule has 0 saturated carbocycles. The van der Waals surface area contributed by atoms with Crippen molar-refractivity contribution in [3.8, 4) is 0 Å². The molecular weight excluding hydrogens is 382 g/mol. The molecule has 0 spiro atoms. The van der Waals surface area contributed by atoms with Crippen molar-refractivity contribution in [2.45, 2.75) is 19.9 Å². The summed E-state index contributed by atoms with van der Waals surface area (Å²) in [6.07, 6.45) is -1.46. The third-order valence-electron chi connectivity index (χ3n) is 5.00. The number of aromatic amines is 1. The molecule has 2 aromatic heterocycles. The van der Waals surface area contributed by atoms with Crippen LogP contribution in [0, 0.1) is 6.92 Å². The summed E-state index contributed by atoms with van der Waals surface area (Å²) in [6, 6.07) is 6.90. The second-order valence-electron chi connectivity index (χ2n) is 7.01. The van der Waals surface area contributed by atoms with E-state index in [-0.39, 0.29) is 5.91 Å². The number of piperazine rings is 1. The molecule has 3 aromatic rings. The molecule has 1 aliphatic rings. The van der Waals surface area contributed by atoms with Crippen LogP contribution in [0.3, 0.4) is 0 Å². The third-order valence-corrected chi connectivity index (χ3v) is 5.00. The van der Waals surface area contributed by atoms with Gasteiger partial charge in [0.1, 0.15) is 5.69 Å². The molecule has 29 heavy (non-hydrogen) atoms. The number of hydrogen-bond donors (Lipinski definition) is 1. The largest absolute Gasteiger partial charge is 0.368 e. The van der Waals surface area contributed by atoms with Gasteiger partial charge in [-0.2, -0.15) is 5.10 Å². The normalized spacial score (nSPS) is 14.8. The van der Waals surface area contributed by atoms with Gasteiger partial charge in [-0.3, -0.25) is 19.3 Å². The fraction of sp³-hybridized carbons (Fsp3) is 0.368.